The molecule has 1 aromatic carbocycles. The van der Waals surface area contributed by atoms with E-state index in [1.807, 2.05) is 48.7 Å². The van der Waals surface area contributed by atoms with E-state index in [0.717, 1.165) is 39.3 Å². The molecule has 156 valence electrons. The highest BCUT2D eigenvalue weighted by Crippen LogP contribution is 2.29. The fourth-order valence-corrected chi connectivity index (χ4v) is 4.54. The van der Waals surface area contributed by atoms with Crippen LogP contribution in [0.25, 0.3) is 0 Å². The van der Waals surface area contributed by atoms with Crippen molar-refractivity contribution in [3.63, 3.8) is 0 Å². The number of rotatable bonds is 9. The van der Waals surface area contributed by atoms with E-state index >= 15 is 0 Å². The second kappa shape index (κ2) is 10.3. The van der Waals surface area contributed by atoms with Crippen LogP contribution < -0.4 is 10.6 Å². The number of carbonyl (C=O) groups is 1. The summed E-state index contributed by atoms with van der Waals surface area (Å²) in [6.07, 6.45) is 1.01. The van der Waals surface area contributed by atoms with Crippen molar-refractivity contribution in [3.8, 4) is 6.07 Å². The fourth-order valence-electron chi connectivity index (χ4n) is 2.96. The Balaban J connectivity index is 1.71. The van der Waals surface area contributed by atoms with Gasteiger partial charge in [0.15, 0.2) is 4.34 Å². The number of nitrogens with one attached hydrogen (secondary N) is 2. The lowest BCUT2D eigenvalue weighted by Gasteiger charge is -2.13. The van der Waals surface area contributed by atoms with Gasteiger partial charge in [-0.2, -0.15) is 5.26 Å². The Labute approximate surface area is 184 Å². The zero-order valence-corrected chi connectivity index (χ0v) is 18.9. The van der Waals surface area contributed by atoms with E-state index in [4.69, 9.17) is 0 Å². The van der Waals surface area contributed by atoms with Crippen LogP contribution in [-0.4, -0.2) is 33.0 Å². The Morgan fingerprint density at radius 2 is 2.03 bits per heavy atom. The van der Waals surface area contributed by atoms with Crippen molar-refractivity contribution in [2.45, 2.75) is 38.1 Å². The molecule has 2 N–H and O–H groups in total. The normalized spacial score (nSPS) is 10.6. The molecular weight excluding hydrogens is 416 g/mol. The molecule has 0 saturated heterocycles. The van der Waals surface area contributed by atoms with Gasteiger partial charge in [0.25, 0.3) is 0 Å². The van der Waals surface area contributed by atoms with E-state index in [1.165, 1.54) is 23.1 Å². The van der Waals surface area contributed by atoms with E-state index in [9.17, 15) is 10.1 Å². The Morgan fingerprint density at radius 3 is 2.73 bits per heavy atom. The van der Waals surface area contributed by atoms with E-state index < -0.39 is 0 Å². The Hall–Kier alpha value is -2.83. The van der Waals surface area contributed by atoms with E-state index in [0.29, 0.717) is 17.9 Å². The third-order valence-electron chi connectivity index (χ3n) is 4.64. The van der Waals surface area contributed by atoms with Crippen LogP contribution in [0.2, 0.25) is 0 Å². The van der Waals surface area contributed by atoms with Gasteiger partial charge in [-0.25, -0.2) is 0 Å². The fraction of sp³-hybridized carbons (Fsp3) is 0.333. The molecule has 0 atom stereocenters. The first-order chi connectivity index (χ1) is 14.5. The first kappa shape index (κ1) is 21.9. The smallest absolute Gasteiger partial charge is 0.235 e. The molecule has 0 radical (unpaired) electrons. The highest BCUT2D eigenvalue weighted by atomic mass is 32.2. The summed E-state index contributed by atoms with van der Waals surface area (Å²) in [6, 6.07) is 12.2. The molecule has 2 aromatic heterocycles. The SMILES string of the molecule is CCCNc1nnc(SCC(=O)Nc2c(C#N)c(C)c(C)n2Cc2ccccc2)s1. The molecule has 1 amide bonds. The maximum absolute atomic E-state index is 12.6. The number of aromatic nitrogens is 3. The zero-order chi connectivity index (χ0) is 21.5. The summed E-state index contributed by atoms with van der Waals surface area (Å²) in [4.78, 5) is 12.6. The lowest BCUT2D eigenvalue weighted by Crippen LogP contribution is -2.18. The molecule has 3 aromatic rings. The summed E-state index contributed by atoms with van der Waals surface area (Å²) in [6.45, 7) is 7.39. The average Bonchev–Trinajstić information content (AvgIpc) is 3.30. The van der Waals surface area contributed by atoms with Gasteiger partial charge in [-0.15, -0.1) is 10.2 Å². The molecule has 0 aliphatic heterocycles. The van der Waals surface area contributed by atoms with E-state index in [1.54, 1.807) is 0 Å². The zero-order valence-electron chi connectivity index (χ0n) is 17.2. The molecule has 0 unspecified atom stereocenters. The summed E-state index contributed by atoms with van der Waals surface area (Å²) in [5.41, 5.74) is 3.45. The standard InChI is InChI=1S/C21H24N6OS2/c1-4-10-23-20-25-26-21(30-20)29-13-18(28)24-19-17(11-22)14(2)15(3)27(19)12-16-8-6-5-7-9-16/h5-9H,4,10,12-13H2,1-3H3,(H,23,25)(H,24,28). The summed E-state index contributed by atoms with van der Waals surface area (Å²) >= 11 is 2.77. The number of hydrogen-bond donors (Lipinski definition) is 2. The summed E-state index contributed by atoms with van der Waals surface area (Å²) in [5.74, 6) is 0.563. The Morgan fingerprint density at radius 1 is 1.27 bits per heavy atom. The van der Waals surface area contributed by atoms with Crippen molar-refractivity contribution in [1.82, 2.24) is 14.8 Å². The van der Waals surface area contributed by atoms with Crippen LogP contribution in [0.4, 0.5) is 10.9 Å². The van der Waals surface area contributed by atoms with Crippen LogP contribution in [0.1, 0.15) is 35.7 Å². The number of hydrogen-bond acceptors (Lipinski definition) is 7. The van der Waals surface area contributed by atoms with Crippen molar-refractivity contribution in [2.75, 3.05) is 22.9 Å². The quantitative estimate of drug-likeness (QED) is 0.478. The van der Waals surface area contributed by atoms with Crippen molar-refractivity contribution in [1.29, 1.82) is 5.26 Å². The first-order valence-electron chi connectivity index (χ1n) is 9.67. The monoisotopic (exact) mass is 440 g/mol. The maximum atomic E-state index is 12.6. The van der Waals surface area contributed by atoms with Crippen LogP contribution in [0.5, 0.6) is 0 Å². The number of carbonyl (C=O) groups excluding carboxylic acids is 1. The molecule has 0 spiro atoms. The van der Waals surface area contributed by atoms with Gasteiger partial charge >= 0.3 is 0 Å². The van der Waals surface area contributed by atoms with Gasteiger partial charge in [0.2, 0.25) is 11.0 Å². The van der Waals surface area contributed by atoms with E-state index in [2.05, 4.69) is 33.8 Å². The third-order valence-corrected chi connectivity index (χ3v) is 6.66. The molecule has 0 saturated carbocycles. The third kappa shape index (κ3) is 5.20. The van der Waals surface area contributed by atoms with Gasteiger partial charge in [-0.05, 0) is 31.4 Å². The summed E-state index contributed by atoms with van der Waals surface area (Å²) in [5, 5.41) is 24.7. The minimum atomic E-state index is -0.179. The number of nitrogens with zero attached hydrogens (tertiary/aromatic N) is 4. The molecular formula is C21H24N6OS2. The largest absolute Gasteiger partial charge is 0.360 e. The molecule has 9 heteroatoms. The number of thioether (sulfide) groups is 1. The van der Waals surface area contributed by atoms with Crippen molar-refractivity contribution < 1.29 is 4.79 Å². The maximum Gasteiger partial charge on any atom is 0.235 e. The first-order valence-corrected chi connectivity index (χ1v) is 11.5. The summed E-state index contributed by atoms with van der Waals surface area (Å²) in [7, 11) is 0. The van der Waals surface area contributed by atoms with Gasteiger partial charge in [0, 0.05) is 18.8 Å². The Kier molecular flexibility index (Phi) is 7.49. The second-order valence-corrected chi connectivity index (χ2v) is 8.95. The van der Waals surface area contributed by atoms with Crippen molar-refractivity contribution >= 4 is 40.0 Å². The van der Waals surface area contributed by atoms with Crippen LogP contribution >= 0.6 is 23.1 Å². The minimum absolute atomic E-state index is 0.179. The van der Waals surface area contributed by atoms with Gasteiger partial charge < -0.3 is 15.2 Å². The highest BCUT2D eigenvalue weighted by molar-refractivity contribution is 8.01. The Bertz CT molecular complexity index is 1050. The molecule has 0 bridgehead atoms. The number of anilines is 2. The van der Waals surface area contributed by atoms with Crippen LogP contribution in [0, 0.1) is 25.2 Å². The van der Waals surface area contributed by atoms with Gasteiger partial charge in [-0.3, -0.25) is 4.79 Å². The highest BCUT2D eigenvalue weighted by Gasteiger charge is 2.20. The van der Waals surface area contributed by atoms with Crippen LogP contribution in [-0.2, 0) is 11.3 Å². The molecule has 30 heavy (non-hydrogen) atoms. The van der Waals surface area contributed by atoms with Gasteiger partial charge in [0.05, 0.1) is 11.3 Å². The molecule has 3 rings (SSSR count). The predicted octanol–water partition coefficient (Wildman–Crippen LogP) is 4.43. The second-order valence-electron chi connectivity index (χ2n) is 6.75. The average molecular weight is 441 g/mol. The topological polar surface area (TPSA) is 95.6 Å². The lowest BCUT2D eigenvalue weighted by atomic mass is 10.2. The lowest BCUT2D eigenvalue weighted by molar-refractivity contribution is -0.113. The molecule has 7 nitrogen and oxygen atoms in total. The van der Waals surface area contributed by atoms with Crippen LogP contribution in [0.3, 0.4) is 0 Å². The minimum Gasteiger partial charge on any atom is -0.360 e. The number of amides is 1. The number of benzene rings is 1. The summed E-state index contributed by atoms with van der Waals surface area (Å²) < 4.78 is 2.72. The molecule has 0 aliphatic rings. The molecule has 0 fully saturated rings. The molecule has 0 aliphatic carbocycles. The predicted molar refractivity (Wildman–Crippen MR) is 122 cm³/mol. The van der Waals surface area contributed by atoms with E-state index in [-0.39, 0.29) is 11.7 Å². The van der Waals surface area contributed by atoms with Crippen LogP contribution in [0.15, 0.2) is 34.7 Å². The van der Waals surface area contributed by atoms with Gasteiger partial charge in [-0.1, -0.05) is 60.4 Å². The van der Waals surface area contributed by atoms with Crippen molar-refractivity contribution in [2.24, 2.45) is 0 Å². The molecule has 2 heterocycles. The number of nitriles is 1. The van der Waals surface area contributed by atoms with Crippen molar-refractivity contribution in [3.05, 3.63) is 52.7 Å². The van der Waals surface area contributed by atoms with Gasteiger partial charge in [0.1, 0.15) is 11.9 Å².